The number of benzene rings is 2. The summed E-state index contributed by atoms with van der Waals surface area (Å²) in [7, 11) is -2.94. The number of aliphatic hydroxyl groups is 1. The predicted octanol–water partition coefficient (Wildman–Crippen LogP) is 1.93. The standard InChI is InChI=1S/C25H27ClF2N4O7S/c1-39-24(35)32-21(29)23(34)30-11-25(36)13-7-14(25)9-16(8-13)40(37,38)20-6-12(2-4-17(20)26)22(33)31-15-3-5-18(27)19(28)10-15/h2-6,10,13-14,16,21,36H,7-9,11,29H2,1H3,(H,30,34)(H,31,33)(H,32,35)/t13?,14?,16?,21-,25?/m1/s1. The van der Waals surface area contributed by atoms with Crippen LogP contribution in [0.15, 0.2) is 41.3 Å². The van der Waals surface area contributed by atoms with Crippen LogP contribution in [0, 0.1) is 23.5 Å². The van der Waals surface area contributed by atoms with E-state index in [0.717, 1.165) is 31.4 Å². The van der Waals surface area contributed by atoms with E-state index < -0.39 is 68.2 Å². The fourth-order valence-electron chi connectivity index (χ4n) is 5.21. The summed E-state index contributed by atoms with van der Waals surface area (Å²) in [5, 5.41) is 17.1. The van der Waals surface area contributed by atoms with E-state index in [2.05, 4.69) is 20.7 Å². The zero-order chi connectivity index (χ0) is 29.4. The van der Waals surface area contributed by atoms with E-state index >= 15 is 0 Å². The maximum absolute atomic E-state index is 13.6. The molecular weight excluding hydrogens is 574 g/mol. The number of fused-ring (bicyclic) bond motifs is 2. The smallest absolute Gasteiger partial charge is 0.408 e. The molecule has 3 fully saturated rings. The van der Waals surface area contributed by atoms with E-state index in [0.29, 0.717) is 6.42 Å². The highest BCUT2D eigenvalue weighted by atomic mass is 35.5. The molecule has 2 aromatic rings. The van der Waals surface area contributed by atoms with E-state index in [9.17, 15) is 36.7 Å². The van der Waals surface area contributed by atoms with Gasteiger partial charge in [-0.2, -0.15) is 0 Å². The molecule has 3 saturated carbocycles. The third-order valence-corrected chi connectivity index (χ3v) is 10.1. The Kier molecular flexibility index (Phi) is 8.36. The van der Waals surface area contributed by atoms with E-state index in [-0.39, 0.29) is 40.6 Å². The number of nitrogens with two attached hydrogens (primary N) is 1. The first-order chi connectivity index (χ1) is 18.8. The molecule has 3 amide bonds. The molecule has 0 heterocycles. The van der Waals surface area contributed by atoms with Crippen LogP contribution in [-0.4, -0.2) is 62.1 Å². The first-order valence-corrected chi connectivity index (χ1v) is 14.1. The average molecular weight is 601 g/mol. The molecular formula is C25H27ClF2N4O7S. The largest absolute Gasteiger partial charge is 0.453 e. The molecule has 5 rings (SSSR count). The Morgan fingerprint density at radius 3 is 2.42 bits per heavy atom. The average Bonchev–Trinajstić information content (AvgIpc) is 2.93. The first kappa shape index (κ1) is 29.6. The van der Waals surface area contributed by atoms with Gasteiger partial charge in [0.15, 0.2) is 27.6 Å². The van der Waals surface area contributed by atoms with Crippen LogP contribution in [0.25, 0.3) is 0 Å². The number of carbonyl (C=O) groups is 3. The maximum Gasteiger partial charge on any atom is 0.408 e. The quantitative estimate of drug-likeness (QED) is 0.285. The van der Waals surface area contributed by atoms with Gasteiger partial charge in [0.25, 0.3) is 11.8 Å². The minimum absolute atomic E-state index is 0.0240. The van der Waals surface area contributed by atoms with Gasteiger partial charge in [-0.05, 0) is 61.4 Å². The third-order valence-electron chi connectivity index (χ3n) is 7.48. The van der Waals surface area contributed by atoms with Crippen LogP contribution in [-0.2, 0) is 19.4 Å². The molecule has 2 bridgehead atoms. The Labute approximate surface area is 233 Å². The Morgan fingerprint density at radius 1 is 1.12 bits per heavy atom. The Bertz CT molecular complexity index is 1450. The van der Waals surface area contributed by atoms with Gasteiger partial charge in [-0.25, -0.2) is 22.0 Å². The van der Waals surface area contributed by atoms with E-state index in [1.54, 1.807) is 0 Å². The van der Waals surface area contributed by atoms with Gasteiger partial charge < -0.3 is 26.2 Å². The van der Waals surface area contributed by atoms with Gasteiger partial charge in [0.05, 0.1) is 27.9 Å². The number of nitrogens with one attached hydrogen (secondary N) is 3. The van der Waals surface area contributed by atoms with Gasteiger partial charge in [0.1, 0.15) is 0 Å². The number of anilines is 1. The van der Waals surface area contributed by atoms with Crippen molar-refractivity contribution in [1.29, 1.82) is 0 Å². The Hall–Kier alpha value is -3.33. The van der Waals surface area contributed by atoms with Crippen LogP contribution < -0.4 is 21.7 Å². The molecule has 0 aliphatic heterocycles. The molecule has 40 heavy (non-hydrogen) atoms. The van der Waals surface area contributed by atoms with Crippen LogP contribution in [0.4, 0.5) is 19.3 Å². The molecule has 216 valence electrons. The molecule has 0 spiro atoms. The number of halogens is 3. The molecule has 15 heteroatoms. The summed E-state index contributed by atoms with van der Waals surface area (Å²) in [6, 6.07) is 6.48. The van der Waals surface area contributed by atoms with Gasteiger partial charge in [-0.15, -0.1) is 0 Å². The summed E-state index contributed by atoms with van der Waals surface area (Å²) in [6.07, 6.45) is -1.59. The van der Waals surface area contributed by atoms with E-state index in [1.165, 1.54) is 12.1 Å². The number of rotatable bonds is 8. The Morgan fingerprint density at radius 2 is 1.80 bits per heavy atom. The summed E-state index contributed by atoms with van der Waals surface area (Å²) >= 11 is 6.22. The van der Waals surface area contributed by atoms with Gasteiger partial charge >= 0.3 is 6.09 Å². The van der Waals surface area contributed by atoms with Crippen molar-refractivity contribution in [2.45, 2.75) is 41.2 Å². The third kappa shape index (κ3) is 5.75. The van der Waals surface area contributed by atoms with Gasteiger partial charge in [0, 0.05) is 23.9 Å². The highest BCUT2D eigenvalue weighted by molar-refractivity contribution is 7.92. The normalized spacial score (nSPS) is 24.3. The number of hydrogen-bond acceptors (Lipinski definition) is 8. The number of sulfone groups is 1. The minimum atomic E-state index is -4.05. The molecule has 2 aromatic carbocycles. The van der Waals surface area contributed by atoms with Crippen molar-refractivity contribution in [2.24, 2.45) is 17.6 Å². The summed E-state index contributed by atoms with van der Waals surface area (Å²) in [5.74, 6) is -4.65. The van der Waals surface area contributed by atoms with Crippen LogP contribution in [0.2, 0.25) is 5.02 Å². The van der Waals surface area contributed by atoms with Crippen LogP contribution in [0.3, 0.4) is 0 Å². The zero-order valence-electron chi connectivity index (χ0n) is 21.1. The van der Waals surface area contributed by atoms with Gasteiger partial charge in [-0.1, -0.05) is 11.6 Å². The number of hydrogen-bond donors (Lipinski definition) is 5. The highest BCUT2D eigenvalue weighted by Crippen LogP contribution is 2.55. The van der Waals surface area contributed by atoms with Crippen molar-refractivity contribution in [1.82, 2.24) is 10.6 Å². The molecule has 0 aromatic heterocycles. The lowest BCUT2D eigenvalue weighted by atomic mass is 9.53. The van der Waals surface area contributed by atoms with Crippen LogP contribution in [0.1, 0.15) is 29.6 Å². The fourth-order valence-corrected chi connectivity index (χ4v) is 7.61. The lowest BCUT2D eigenvalue weighted by Gasteiger charge is -2.58. The van der Waals surface area contributed by atoms with E-state index in [1.807, 2.05) is 0 Å². The van der Waals surface area contributed by atoms with Crippen molar-refractivity contribution in [3.8, 4) is 0 Å². The number of methoxy groups -OCH3 is 1. The lowest BCUT2D eigenvalue weighted by molar-refractivity contribution is -0.174. The van der Waals surface area contributed by atoms with Gasteiger partial charge in [-0.3, -0.25) is 14.9 Å². The van der Waals surface area contributed by atoms with Crippen LogP contribution in [0.5, 0.6) is 0 Å². The first-order valence-electron chi connectivity index (χ1n) is 12.2. The fraction of sp³-hybridized carbons (Fsp3) is 0.400. The van der Waals surface area contributed by atoms with Crippen molar-refractivity contribution in [3.05, 3.63) is 58.6 Å². The maximum atomic E-state index is 13.6. The number of ether oxygens (including phenoxy) is 1. The zero-order valence-corrected chi connectivity index (χ0v) is 22.7. The molecule has 3 aliphatic carbocycles. The van der Waals surface area contributed by atoms with Crippen molar-refractivity contribution < 1.29 is 41.4 Å². The second-order valence-corrected chi connectivity index (χ2v) is 12.4. The summed E-state index contributed by atoms with van der Waals surface area (Å²) in [4.78, 5) is 35.8. The molecule has 6 N–H and O–H groups in total. The van der Waals surface area contributed by atoms with Crippen LogP contribution >= 0.6 is 11.6 Å². The highest BCUT2D eigenvalue weighted by Gasteiger charge is 2.60. The molecule has 0 radical (unpaired) electrons. The van der Waals surface area contributed by atoms with Crippen molar-refractivity contribution >= 4 is 45.0 Å². The number of alkyl carbamates (subject to hydrolysis) is 1. The van der Waals surface area contributed by atoms with E-state index in [4.69, 9.17) is 17.3 Å². The summed E-state index contributed by atoms with van der Waals surface area (Å²) < 4.78 is 58.2. The second-order valence-electron chi connectivity index (χ2n) is 9.82. The predicted molar refractivity (Wildman–Crippen MR) is 139 cm³/mol. The minimum Gasteiger partial charge on any atom is -0.453 e. The van der Waals surface area contributed by atoms with Crippen molar-refractivity contribution in [2.75, 3.05) is 19.0 Å². The molecule has 0 saturated heterocycles. The lowest BCUT2D eigenvalue weighted by Crippen LogP contribution is -2.67. The topological polar surface area (TPSA) is 177 Å². The SMILES string of the molecule is COC(=O)N[C@@H](N)C(=O)NCC1(O)C2CC1CC(S(=O)(=O)c1cc(C(=O)Nc3ccc(F)c(F)c3)ccc1Cl)C2. The van der Waals surface area contributed by atoms with Gasteiger partial charge in [0.2, 0.25) is 0 Å². The molecule has 3 aliphatic rings. The second kappa shape index (κ2) is 11.3. The summed E-state index contributed by atoms with van der Waals surface area (Å²) in [6.45, 7) is -0.190. The molecule has 2 unspecified atom stereocenters. The monoisotopic (exact) mass is 600 g/mol. The molecule has 11 nitrogen and oxygen atoms in total. The number of amides is 3. The number of carbonyl (C=O) groups excluding carboxylic acids is 3. The summed E-state index contributed by atoms with van der Waals surface area (Å²) in [5.41, 5.74) is 4.14. The Balaban J connectivity index is 1.43. The van der Waals surface area contributed by atoms with Crippen molar-refractivity contribution in [3.63, 3.8) is 0 Å². The molecule has 3 atom stereocenters.